The highest BCUT2D eigenvalue weighted by Crippen LogP contribution is 2.27. The zero-order valence-corrected chi connectivity index (χ0v) is 14.4. The topological polar surface area (TPSA) is 82.6 Å². The van der Waals surface area contributed by atoms with Crippen LogP contribution in [0.2, 0.25) is 0 Å². The molecule has 27 heavy (non-hydrogen) atoms. The van der Waals surface area contributed by atoms with Gasteiger partial charge >= 0.3 is 5.97 Å². The van der Waals surface area contributed by atoms with Gasteiger partial charge in [-0.1, -0.05) is 54.6 Å². The minimum Gasteiger partial charge on any atom is -0.480 e. The molecule has 1 saturated heterocycles. The van der Waals surface area contributed by atoms with Gasteiger partial charge in [-0.05, 0) is 41.0 Å². The largest absolute Gasteiger partial charge is 0.480 e. The van der Waals surface area contributed by atoms with Crippen LogP contribution in [-0.2, 0) is 4.79 Å². The van der Waals surface area contributed by atoms with Crippen molar-refractivity contribution in [1.82, 2.24) is 16.4 Å². The average Bonchev–Trinajstić information content (AvgIpc) is 3.20. The molecule has 0 aliphatic carbocycles. The zero-order valence-electron chi connectivity index (χ0n) is 14.4. The van der Waals surface area contributed by atoms with E-state index < -0.39 is 12.0 Å². The summed E-state index contributed by atoms with van der Waals surface area (Å²) in [6, 6.07) is 24.3. The van der Waals surface area contributed by atoms with Gasteiger partial charge in [-0.3, -0.25) is 4.79 Å². The molecule has 1 aliphatic rings. The number of carbonyl (C=O) groups is 1. The summed E-state index contributed by atoms with van der Waals surface area (Å²) in [5.74, 6) is 0.669. The molecular formula is C21H19N3O3. The van der Waals surface area contributed by atoms with Crippen LogP contribution in [0.1, 0.15) is 11.6 Å². The molecule has 3 aromatic rings. The van der Waals surface area contributed by atoms with E-state index in [2.05, 4.69) is 16.4 Å². The summed E-state index contributed by atoms with van der Waals surface area (Å²) in [6.07, 6.45) is 0. The second kappa shape index (κ2) is 7.59. The fourth-order valence-corrected chi connectivity index (χ4v) is 3.07. The van der Waals surface area contributed by atoms with Crippen LogP contribution in [-0.4, -0.2) is 17.1 Å². The van der Waals surface area contributed by atoms with E-state index in [4.69, 9.17) is 4.74 Å². The van der Waals surface area contributed by atoms with Crippen LogP contribution in [0.4, 0.5) is 0 Å². The quantitative estimate of drug-likeness (QED) is 0.558. The van der Waals surface area contributed by atoms with Gasteiger partial charge in [0.15, 0.2) is 0 Å². The lowest BCUT2D eigenvalue weighted by Gasteiger charge is -2.15. The van der Waals surface area contributed by atoms with Crippen molar-refractivity contribution in [3.8, 4) is 22.6 Å². The normalized spacial score (nSPS) is 19.0. The molecule has 6 nitrogen and oxygen atoms in total. The van der Waals surface area contributed by atoms with Crippen LogP contribution in [0.15, 0.2) is 78.9 Å². The molecule has 2 atom stereocenters. The van der Waals surface area contributed by atoms with Gasteiger partial charge in [0.2, 0.25) is 0 Å². The summed E-state index contributed by atoms with van der Waals surface area (Å²) in [4.78, 5) is 11.3. The Kier molecular flexibility index (Phi) is 4.84. The van der Waals surface area contributed by atoms with Crippen LogP contribution >= 0.6 is 0 Å². The third-order valence-electron chi connectivity index (χ3n) is 4.49. The number of nitrogens with one attached hydrogen (secondary N) is 3. The van der Waals surface area contributed by atoms with Crippen LogP contribution in [0, 0.1) is 0 Å². The first-order valence-corrected chi connectivity index (χ1v) is 8.63. The smallest absolute Gasteiger partial charge is 0.324 e. The van der Waals surface area contributed by atoms with E-state index in [0.29, 0.717) is 0 Å². The lowest BCUT2D eigenvalue weighted by molar-refractivity contribution is -0.139. The first-order chi connectivity index (χ1) is 13.2. The summed E-state index contributed by atoms with van der Waals surface area (Å²) >= 11 is 0. The van der Waals surface area contributed by atoms with E-state index in [1.165, 1.54) is 0 Å². The van der Waals surface area contributed by atoms with Crippen molar-refractivity contribution in [3.63, 3.8) is 0 Å². The van der Waals surface area contributed by atoms with Gasteiger partial charge in [-0.25, -0.2) is 10.9 Å². The average molecular weight is 361 g/mol. The van der Waals surface area contributed by atoms with E-state index in [-0.39, 0.29) is 6.04 Å². The number of hydrogen-bond acceptors (Lipinski definition) is 5. The van der Waals surface area contributed by atoms with Crippen molar-refractivity contribution in [2.75, 3.05) is 0 Å². The molecule has 4 N–H and O–H groups in total. The Morgan fingerprint density at radius 3 is 2.00 bits per heavy atom. The van der Waals surface area contributed by atoms with Gasteiger partial charge in [-0.2, -0.15) is 5.53 Å². The number of para-hydroxylation sites is 1. The zero-order chi connectivity index (χ0) is 18.6. The molecule has 2 unspecified atom stereocenters. The molecule has 1 fully saturated rings. The Labute approximate surface area is 156 Å². The lowest BCUT2D eigenvalue weighted by atomic mass is 9.97. The Morgan fingerprint density at radius 1 is 0.778 bits per heavy atom. The van der Waals surface area contributed by atoms with Crippen molar-refractivity contribution >= 4 is 5.97 Å². The monoisotopic (exact) mass is 361 g/mol. The maximum atomic E-state index is 11.3. The van der Waals surface area contributed by atoms with Crippen LogP contribution in [0.5, 0.6) is 11.5 Å². The van der Waals surface area contributed by atoms with Crippen LogP contribution in [0.3, 0.4) is 0 Å². The third kappa shape index (κ3) is 3.83. The van der Waals surface area contributed by atoms with Gasteiger partial charge < -0.3 is 9.84 Å². The maximum Gasteiger partial charge on any atom is 0.324 e. The van der Waals surface area contributed by atoms with Gasteiger partial charge in [0.05, 0.1) is 6.04 Å². The molecule has 6 heteroatoms. The molecule has 1 aliphatic heterocycles. The molecule has 3 aromatic carbocycles. The second-order valence-corrected chi connectivity index (χ2v) is 6.27. The van der Waals surface area contributed by atoms with E-state index in [9.17, 15) is 9.90 Å². The lowest BCUT2D eigenvalue weighted by Crippen LogP contribution is -2.38. The van der Waals surface area contributed by atoms with Crippen molar-refractivity contribution in [1.29, 1.82) is 0 Å². The summed E-state index contributed by atoms with van der Waals surface area (Å²) in [5.41, 5.74) is 11.3. The van der Waals surface area contributed by atoms with E-state index in [1.807, 2.05) is 78.9 Å². The molecule has 0 aromatic heterocycles. The number of hydrazine groups is 2. The standard InChI is InChI=1S/C21H19N3O3/c25-21(26)20-19(22-24-23-20)16-8-6-14(7-9-16)15-10-12-18(13-11-15)27-17-4-2-1-3-5-17/h1-13,19-20,22-24H,(H,25,26). The minimum atomic E-state index is -0.907. The van der Waals surface area contributed by atoms with Crippen molar-refractivity contribution in [2.24, 2.45) is 0 Å². The highest BCUT2D eigenvalue weighted by Gasteiger charge is 2.33. The predicted octanol–water partition coefficient (Wildman–Crippen LogP) is 3.25. The Bertz CT molecular complexity index is 912. The number of ether oxygens (including phenoxy) is 1. The fourth-order valence-electron chi connectivity index (χ4n) is 3.07. The van der Waals surface area contributed by atoms with Crippen LogP contribution in [0.25, 0.3) is 11.1 Å². The fraction of sp³-hybridized carbons (Fsp3) is 0.0952. The number of carboxylic acid groups (broad SMARTS) is 1. The maximum absolute atomic E-state index is 11.3. The molecule has 0 spiro atoms. The van der Waals surface area contributed by atoms with Gasteiger partial charge in [0, 0.05) is 0 Å². The number of rotatable bonds is 5. The molecule has 136 valence electrons. The number of aliphatic carboxylic acids is 1. The number of carboxylic acids is 1. The van der Waals surface area contributed by atoms with Crippen molar-refractivity contribution < 1.29 is 14.6 Å². The molecule has 0 radical (unpaired) electrons. The third-order valence-corrected chi connectivity index (χ3v) is 4.49. The predicted molar refractivity (Wildman–Crippen MR) is 102 cm³/mol. The summed E-state index contributed by atoms with van der Waals surface area (Å²) in [6.45, 7) is 0. The van der Waals surface area contributed by atoms with Crippen LogP contribution < -0.4 is 21.1 Å². The highest BCUT2D eigenvalue weighted by molar-refractivity contribution is 5.75. The molecule has 0 bridgehead atoms. The SMILES string of the molecule is O=C(O)C1NNNC1c1ccc(-c2ccc(Oc3ccccc3)cc2)cc1. The molecular weight excluding hydrogens is 342 g/mol. The van der Waals surface area contributed by atoms with Gasteiger partial charge in [-0.15, -0.1) is 0 Å². The first kappa shape index (κ1) is 17.2. The van der Waals surface area contributed by atoms with Gasteiger partial charge in [0.25, 0.3) is 0 Å². The van der Waals surface area contributed by atoms with E-state index >= 15 is 0 Å². The number of benzene rings is 3. The summed E-state index contributed by atoms with van der Waals surface area (Å²) < 4.78 is 5.81. The highest BCUT2D eigenvalue weighted by atomic mass is 16.5. The molecule has 1 heterocycles. The van der Waals surface area contributed by atoms with Crippen molar-refractivity contribution in [2.45, 2.75) is 12.1 Å². The van der Waals surface area contributed by atoms with Crippen molar-refractivity contribution in [3.05, 3.63) is 84.4 Å². The Balaban J connectivity index is 1.48. The second-order valence-electron chi connectivity index (χ2n) is 6.27. The van der Waals surface area contributed by atoms with Gasteiger partial charge in [0.1, 0.15) is 17.5 Å². The molecule has 4 rings (SSSR count). The van der Waals surface area contributed by atoms with E-state index in [0.717, 1.165) is 28.2 Å². The molecule has 0 saturated carbocycles. The summed E-state index contributed by atoms with van der Waals surface area (Å²) in [5, 5.41) is 9.25. The number of hydrogen-bond donors (Lipinski definition) is 4. The minimum absolute atomic E-state index is 0.335. The molecule has 0 amide bonds. The first-order valence-electron chi connectivity index (χ1n) is 8.63. The Morgan fingerprint density at radius 2 is 1.37 bits per heavy atom. The Hall–Kier alpha value is -3.19. The summed E-state index contributed by atoms with van der Waals surface area (Å²) in [7, 11) is 0. The van der Waals surface area contributed by atoms with E-state index in [1.54, 1.807) is 0 Å².